The van der Waals surface area contributed by atoms with E-state index in [2.05, 4.69) is 4.98 Å². The third kappa shape index (κ3) is 1.52. The molecule has 0 saturated carbocycles. The zero-order valence-corrected chi connectivity index (χ0v) is 6.74. The maximum absolute atomic E-state index is 9.42. The first kappa shape index (κ1) is 7.63. The van der Waals surface area contributed by atoms with E-state index in [1.165, 1.54) is 0 Å². The minimum absolute atomic E-state index is 0.553. The number of rotatable bonds is 1. The van der Waals surface area contributed by atoms with Gasteiger partial charge in [0.15, 0.2) is 0 Å². The largest absolute Gasteiger partial charge is 0.386 e. The SMILES string of the molecule is CC(C)(O)c1c[nH]c(Cl)c1. The minimum Gasteiger partial charge on any atom is -0.386 e. The summed E-state index contributed by atoms with van der Waals surface area (Å²) in [5.74, 6) is 0. The van der Waals surface area contributed by atoms with Crippen LogP contribution in [-0.2, 0) is 5.60 Å². The van der Waals surface area contributed by atoms with Crippen LogP contribution in [0.2, 0.25) is 5.15 Å². The average molecular weight is 160 g/mol. The van der Waals surface area contributed by atoms with Gasteiger partial charge in [-0.15, -0.1) is 0 Å². The van der Waals surface area contributed by atoms with Gasteiger partial charge in [-0.3, -0.25) is 0 Å². The summed E-state index contributed by atoms with van der Waals surface area (Å²) in [4.78, 5) is 2.78. The molecule has 0 bridgehead atoms. The van der Waals surface area contributed by atoms with Crippen LogP contribution >= 0.6 is 11.6 Å². The van der Waals surface area contributed by atoms with Crippen molar-refractivity contribution in [3.8, 4) is 0 Å². The van der Waals surface area contributed by atoms with Gasteiger partial charge in [-0.1, -0.05) is 11.6 Å². The minimum atomic E-state index is -0.802. The van der Waals surface area contributed by atoms with Crippen molar-refractivity contribution >= 4 is 11.6 Å². The third-order valence-corrected chi connectivity index (χ3v) is 1.57. The van der Waals surface area contributed by atoms with Crippen molar-refractivity contribution < 1.29 is 5.11 Å². The second kappa shape index (κ2) is 2.29. The second-order valence-corrected chi connectivity index (χ2v) is 3.20. The molecule has 1 aromatic rings. The molecule has 1 rings (SSSR count). The highest BCUT2D eigenvalue weighted by atomic mass is 35.5. The highest BCUT2D eigenvalue weighted by molar-refractivity contribution is 6.29. The number of nitrogens with one attached hydrogen (secondary N) is 1. The summed E-state index contributed by atoms with van der Waals surface area (Å²) in [6.07, 6.45) is 1.70. The first-order chi connectivity index (χ1) is 4.50. The fourth-order valence-corrected chi connectivity index (χ4v) is 0.892. The molecular formula is C7H10ClNO. The Kier molecular flexibility index (Phi) is 1.75. The molecule has 0 aliphatic carbocycles. The summed E-state index contributed by atoms with van der Waals surface area (Å²) in [5.41, 5.74) is 0.00130. The van der Waals surface area contributed by atoms with Crippen LogP contribution in [0.1, 0.15) is 19.4 Å². The van der Waals surface area contributed by atoms with Crippen LogP contribution in [0.4, 0.5) is 0 Å². The lowest BCUT2D eigenvalue weighted by Gasteiger charge is -2.14. The molecule has 0 spiro atoms. The van der Waals surface area contributed by atoms with Crippen molar-refractivity contribution in [3.05, 3.63) is 23.0 Å². The van der Waals surface area contributed by atoms with Gasteiger partial charge in [-0.25, -0.2) is 0 Å². The van der Waals surface area contributed by atoms with Gasteiger partial charge in [-0.2, -0.15) is 0 Å². The van der Waals surface area contributed by atoms with Crippen molar-refractivity contribution in [2.24, 2.45) is 0 Å². The maximum Gasteiger partial charge on any atom is 0.106 e. The Labute approximate surface area is 64.8 Å². The van der Waals surface area contributed by atoms with Crippen molar-refractivity contribution in [2.75, 3.05) is 0 Å². The fourth-order valence-electron chi connectivity index (χ4n) is 0.720. The van der Waals surface area contributed by atoms with Crippen LogP contribution in [0, 0.1) is 0 Å². The molecule has 0 unspecified atom stereocenters. The Morgan fingerprint density at radius 3 is 2.40 bits per heavy atom. The van der Waals surface area contributed by atoms with Crippen LogP contribution in [0.5, 0.6) is 0 Å². The van der Waals surface area contributed by atoms with Crippen LogP contribution in [0.15, 0.2) is 12.3 Å². The quantitative estimate of drug-likeness (QED) is 0.645. The lowest BCUT2D eigenvalue weighted by atomic mass is 10.0. The van der Waals surface area contributed by atoms with E-state index in [-0.39, 0.29) is 0 Å². The molecule has 0 fully saturated rings. The molecule has 0 atom stereocenters. The Balaban J connectivity index is 2.96. The summed E-state index contributed by atoms with van der Waals surface area (Å²) >= 11 is 5.60. The number of hydrogen-bond donors (Lipinski definition) is 2. The Bertz CT molecular complexity index is 224. The highest BCUT2D eigenvalue weighted by Crippen LogP contribution is 2.21. The number of aliphatic hydroxyl groups is 1. The first-order valence-corrected chi connectivity index (χ1v) is 3.45. The number of H-pyrrole nitrogens is 1. The third-order valence-electron chi connectivity index (χ3n) is 1.35. The summed E-state index contributed by atoms with van der Waals surface area (Å²) in [6, 6.07) is 1.71. The van der Waals surface area contributed by atoms with Crippen molar-refractivity contribution in [3.63, 3.8) is 0 Å². The van der Waals surface area contributed by atoms with Crippen LogP contribution in [0.25, 0.3) is 0 Å². The van der Waals surface area contributed by atoms with E-state index < -0.39 is 5.60 Å². The summed E-state index contributed by atoms with van der Waals surface area (Å²) in [6.45, 7) is 3.43. The first-order valence-electron chi connectivity index (χ1n) is 3.07. The normalized spacial score (nSPS) is 12.0. The molecule has 0 aliphatic rings. The van der Waals surface area contributed by atoms with E-state index in [0.29, 0.717) is 5.15 Å². The molecule has 0 saturated heterocycles. The standard InChI is InChI=1S/C7H10ClNO/c1-7(2,10)5-3-6(8)9-4-5/h3-4,9-10H,1-2H3. The Morgan fingerprint density at radius 2 is 2.20 bits per heavy atom. The number of halogens is 1. The molecule has 2 nitrogen and oxygen atoms in total. The van der Waals surface area contributed by atoms with E-state index in [1.807, 2.05) is 0 Å². The molecular weight excluding hydrogens is 150 g/mol. The lowest BCUT2D eigenvalue weighted by Crippen LogP contribution is -2.13. The van der Waals surface area contributed by atoms with Gasteiger partial charge in [0.2, 0.25) is 0 Å². The molecule has 56 valence electrons. The lowest BCUT2D eigenvalue weighted by molar-refractivity contribution is 0.0788. The topological polar surface area (TPSA) is 36.0 Å². The molecule has 0 amide bonds. The fraction of sp³-hybridized carbons (Fsp3) is 0.429. The van der Waals surface area contributed by atoms with Gasteiger partial charge >= 0.3 is 0 Å². The molecule has 0 radical (unpaired) electrons. The van der Waals surface area contributed by atoms with Crippen molar-refractivity contribution in [1.29, 1.82) is 0 Å². The molecule has 10 heavy (non-hydrogen) atoms. The number of hydrogen-bond acceptors (Lipinski definition) is 1. The summed E-state index contributed by atoms with van der Waals surface area (Å²) in [7, 11) is 0. The average Bonchev–Trinajstić information content (AvgIpc) is 2.11. The van der Waals surface area contributed by atoms with Crippen molar-refractivity contribution in [2.45, 2.75) is 19.4 Å². The van der Waals surface area contributed by atoms with Gasteiger partial charge in [0.05, 0.1) is 5.60 Å². The molecule has 0 aliphatic heterocycles. The van der Waals surface area contributed by atoms with Gasteiger partial charge in [0.1, 0.15) is 5.15 Å². The molecule has 3 heteroatoms. The van der Waals surface area contributed by atoms with Crippen molar-refractivity contribution in [1.82, 2.24) is 4.98 Å². The van der Waals surface area contributed by atoms with Gasteiger partial charge in [0.25, 0.3) is 0 Å². The van der Waals surface area contributed by atoms with Crippen LogP contribution in [0.3, 0.4) is 0 Å². The molecule has 0 aromatic carbocycles. The number of aromatic amines is 1. The van der Waals surface area contributed by atoms with E-state index >= 15 is 0 Å². The predicted molar refractivity (Wildman–Crippen MR) is 41.0 cm³/mol. The van der Waals surface area contributed by atoms with E-state index in [1.54, 1.807) is 26.1 Å². The Hall–Kier alpha value is -0.470. The van der Waals surface area contributed by atoms with Gasteiger partial charge < -0.3 is 10.1 Å². The number of aromatic nitrogens is 1. The van der Waals surface area contributed by atoms with Gasteiger partial charge in [-0.05, 0) is 19.9 Å². The zero-order chi connectivity index (χ0) is 7.78. The van der Waals surface area contributed by atoms with E-state index in [4.69, 9.17) is 11.6 Å². The van der Waals surface area contributed by atoms with E-state index in [9.17, 15) is 5.11 Å². The monoisotopic (exact) mass is 159 g/mol. The summed E-state index contributed by atoms with van der Waals surface area (Å²) in [5, 5.41) is 9.98. The second-order valence-electron chi connectivity index (χ2n) is 2.80. The molecule has 1 heterocycles. The Morgan fingerprint density at radius 1 is 1.60 bits per heavy atom. The molecule has 1 aromatic heterocycles. The molecule has 2 N–H and O–H groups in total. The van der Waals surface area contributed by atoms with Crippen LogP contribution < -0.4 is 0 Å². The van der Waals surface area contributed by atoms with Crippen LogP contribution in [-0.4, -0.2) is 10.1 Å². The highest BCUT2D eigenvalue weighted by Gasteiger charge is 2.16. The smallest absolute Gasteiger partial charge is 0.106 e. The van der Waals surface area contributed by atoms with E-state index in [0.717, 1.165) is 5.56 Å². The maximum atomic E-state index is 9.42. The zero-order valence-electron chi connectivity index (χ0n) is 5.98. The van der Waals surface area contributed by atoms with Gasteiger partial charge in [0, 0.05) is 11.8 Å². The predicted octanol–water partition coefficient (Wildman–Crippen LogP) is 1.90. The summed E-state index contributed by atoms with van der Waals surface area (Å²) < 4.78 is 0.